The normalized spacial score (nSPS) is 16.7. The molecule has 21 heavy (non-hydrogen) atoms. The van der Waals surface area contributed by atoms with Gasteiger partial charge in [-0.1, -0.05) is 18.2 Å². The largest absolute Gasteiger partial charge is 0.297 e. The van der Waals surface area contributed by atoms with Crippen LogP contribution in [-0.2, 0) is 13.1 Å². The second-order valence-electron chi connectivity index (χ2n) is 5.45. The first-order valence-electron chi connectivity index (χ1n) is 7.29. The monoisotopic (exact) mass is 297 g/mol. The Bertz CT molecular complexity index is 607. The van der Waals surface area contributed by atoms with Crippen LogP contribution in [0.4, 0.5) is 0 Å². The Labute approximate surface area is 130 Å². The van der Waals surface area contributed by atoms with Crippen molar-refractivity contribution in [2.24, 2.45) is 0 Å². The fourth-order valence-electron chi connectivity index (χ4n) is 2.75. The Hall–Kier alpha value is -1.67. The van der Waals surface area contributed by atoms with Crippen molar-refractivity contribution in [3.05, 3.63) is 57.8 Å². The highest BCUT2D eigenvalue weighted by Crippen LogP contribution is 2.15. The molecule has 0 aliphatic carbocycles. The number of thiophene rings is 1. The molecule has 0 spiro atoms. The van der Waals surface area contributed by atoms with Crippen molar-refractivity contribution in [1.82, 2.24) is 9.80 Å². The molecular formula is C17H19N3S. The maximum Gasteiger partial charge on any atom is 0.0995 e. The summed E-state index contributed by atoms with van der Waals surface area (Å²) in [6, 6.07) is 12.4. The van der Waals surface area contributed by atoms with Gasteiger partial charge in [-0.25, -0.2) is 0 Å². The SMILES string of the molecule is N#Cc1ccccc1CN1CCN(Cc2ccsc2)CC1. The minimum Gasteiger partial charge on any atom is -0.297 e. The van der Waals surface area contributed by atoms with Crippen molar-refractivity contribution < 1.29 is 0 Å². The molecular weight excluding hydrogens is 278 g/mol. The Balaban J connectivity index is 1.53. The molecule has 108 valence electrons. The van der Waals surface area contributed by atoms with Gasteiger partial charge in [-0.05, 0) is 34.0 Å². The van der Waals surface area contributed by atoms with Crippen molar-refractivity contribution in [3.63, 3.8) is 0 Å². The van der Waals surface area contributed by atoms with E-state index in [4.69, 9.17) is 5.26 Å². The van der Waals surface area contributed by atoms with Crippen LogP contribution in [0.2, 0.25) is 0 Å². The van der Waals surface area contributed by atoms with E-state index in [2.05, 4.69) is 38.8 Å². The predicted molar refractivity (Wildman–Crippen MR) is 86.0 cm³/mol. The van der Waals surface area contributed by atoms with E-state index in [0.717, 1.165) is 50.4 Å². The van der Waals surface area contributed by atoms with Gasteiger partial charge in [0.05, 0.1) is 11.6 Å². The van der Waals surface area contributed by atoms with Crippen molar-refractivity contribution in [2.45, 2.75) is 13.1 Å². The van der Waals surface area contributed by atoms with Crippen LogP contribution in [0.1, 0.15) is 16.7 Å². The Morgan fingerprint density at radius 1 is 1.00 bits per heavy atom. The van der Waals surface area contributed by atoms with Crippen LogP contribution in [0.25, 0.3) is 0 Å². The first-order chi connectivity index (χ1) is 10.3. The smallest absolute Gasteiger partial charge is 0.0995 e. The lowest BCUT2D eigenvalue weighted by Gasteiger charge is -2.34. The molecule has 2 aromatic rings. The van der Waals surface area contributed by atoms with Crippen LogP contribution in [0.3, 0.4) is 0 Å². The van der Waals surface area contributed by atoms with E-state index in [9.17, 15) is 0 Å². The molecule has 0 N–H and O–H groups in total. The highest BCUT2D eigenvalue weighted by molar-refractivity contribution is 7.07. The fraction of sp³-hybridized carbons (Fsp3) is 0.353. The summed E-state index contributed by atoms with van der Waals surface area (Å²) in [6.07, 6.45) is 0. The second kappa shape index (κ2) is 6.86. The Morgan fingerprint density at radius 2 is 1.71 bits per heavy atom. The third-order valence-electron chi connectivity index (χ3n) is 3.98. The van der Waals surface area contributed by atoms with Gasteiger partial charge in [-0.2, -0.15) is 16.6 Å². The highest BCUT2D eigenvalue weighted by atomic mass is 32.1. The van der Waals surface area contributed by atoms with Crippen LogP contribution in [0.5, 0.6) is 0 Å². The summed E-state index contributed by atoms with van der Waals surface area (Å²) in [5.41, 5.74) is 3.37. The van der Waals surface area contributed by atoms with Gasteiger partial charge >= 0.3 is 0 Å². The summed E-state index contributed by atoms with van der Waals surface area (Å²) >= 11 is 1.77. The standard InChI is InChI=1S/C17H19N3S/c18-11-16-3-1-2-4-17(16)13-20-8-6-19(7-9-20)12-15-5-10-21-14-15/h1-5,10,14H,6-9,12-13H2. The number of hydrogen-bond acceptors (Lipinski definition) is 4. The number of nitrogens with zero attached hydrogens (tertiary/aromatic N) is 3. The molecule has 1 saturated heterocycles. The third-order valence-corrected chi connectivity index (χ3v) is 4.72. The molecule has 0 bridgehead atoms. The minimum absolute atomic E-state index is 0.804. The van der Waals surface area contributed by atoms with Gasteiger partial charge in [-0.3, -0.25) is 9.80 Å². The topological polar surface area (TPSA) is 30.3 Å². The van der Waals surface area contributed by atoms with Gasteiger partial charge in [0, 0.05) is 39.3 Å². The van der Waals surface area contributed by atoms with Crippen LogP contribution >= 0.6 is 11.3 Å². The highest BCUT2D eigenvalue weighted by Gasteiger charge is 2.17. The summed E-state index contributed by atoms with van der Waals surface area (Å²) < 4.78 is 0. The van der Waals surface area contributed by atoms with Gasteiger partial charge in [0.2, 0.25) is 0 Å². The number of piperazine rings is 1. The van der Waals surface area contributed by atoms with Crippen molar-refractivity contribution >= 4 is 11.3 Å². The van der Waals surface area contributed by atoms with E-state index in [0.29, 0.717) is 0 Å². The summed E-state index contributed by atoms with van der Waals surface area (Å²) in [5.74, 6) is 0. The van der Waals surface area contributed by atoms with E-state index in [1.54, 1.807) is 11.3 Å². The first-order valence-corrected chi connectivity index (χ1v) is 8.23. The predicted octanol–water partition coefficient (Wildman–Crippen LogP) is 2.94. The van der Waals surface area contributed by atoms with Crippen LogP contribution in [-0.4, -0.2) is 36.0 Å². The Kier molecular flexibility index (Phi) is 4.66. The lowest BCUT2D eigenvalue weighted by molar-refractivity contribution is 0.122. The molecule has 1 aromatic heterocycles. The molecule has 0 saturated carbocycles. The fourth-order valence-corrected chi connectivity index (χ4v) is 3.41. The Morgan fingerprint density at radius 3 is 2.38 bits per heavy atom. The minimum atomic E-state index is 0.804. The van der Waals surface area contributed by atoms with Gasteiger partial charge in [0.15, 0.2) is 0 Å². The lowest BCUT2D eigenvalue weighted by atomic mass is 10.1. The molecule has 1 aliphatic heterocycles. The number of benzene rings is 1. The maximum absolute atomic E-state index is 9.16. The molecule has 1 aliphatic rings. The van der Waals surface area contributed by atoms with Crippen LogP contribution < -0.4 is 0 Å². The zero-order valence-corrected chi connectivity index (χ0v) is 12.9. The van der Waals surface area contributed by atoms with Gasteiger partial charge in [-0.15, -0.1) is 0 Å². The van der Waals surface area contributed by atoms with E-state index >= 15 is 0 Å². The van der Waals surface area contributed by atoms with Gasteiger partial charge < -0.3 is 0 Å². The molecule has 4 heteroatoms. The van der Waals surface area contributed by atoms with E-state index in [-0.39, 0.29) is 0 Å². The molecule has 0 radical (unpaired) electrons. The quantitative estimate of drug-likeness (QED) is 0.869. The molecule has 3 nitrogen and oxygen atoms in total. The van der Waals surface area contributed by atoms with E-state index < -0.39 is 0 Å². The molecule has 1 fully saturated rings. The summed E-state index contributed by atoms with van der Waals surface area (Å²) in [6.45, 7) is 6.30. The van der Waals surface area contributed by atoms with Gasteiger partial charge in [0.1, 0.15) is 0 Å². The molecule has 1 aromatic carbocycles. The maximum atomic E-state index is 9.16. The van der Waals surface area contributed by atoms with Crippen molar-refractivity contribution in [1.29, 1.82) is 5.26 Å². The molecule has 2 heterocycles. The van der Waals surface area contributed by atoms with E-state index in [1.807, 2.05) is 18.2 Å². The lowest BCUT2D eigenvalue weighted by Crippen LogP contribution is -2.45. The number of hydrogen-bond donors (Lipinski definition) is 0. The zero-order valence-electron chi connectivity index (χ0n) is 12.0. The van der Waals surface area contributed by atoms with Crippen LogP contribution in [0.15, 0.2) is 41.1 Å². The van der Waals surface area contributed by atoms with Crippen LogP contribution in [0, 0.1) is 11.3 Å². The summed E-state index contributed by atoms with van der Waals surface area (Å²) in [7, 11) is 0. The zero-order chi connectivity index (χ0) is 14.5. The molecule has 0 atom stereocenters. The second-order valence-corrected chi connectivity index (χ2v) is 6.23. The van der Waals surface area contributed by atoms with Gasteiger partial charge in [0.25, 0.3) is 0 Å². The summed E-state index contributed by atoms with van der Waals surface area (Å²) in [5, 5.41) is 13.5. The average molecular weight is 297 g/mol. The number of rotatable bonds is 4. The molecule has 0 amide bonds. The third kappa shape index (κ3) is 3.70. The van der Waals surface area contributed by atoms with Crippen molar-refractivity contribution in [2.75, 3.05) is 26.2 Å². The summed E-state index contributed by atoms with van der Waals surface area (Å²) in [4.78, 5) is 4.95. The van der Waals surface area contributed by atoms with E-state index in [1.165, 1.54) is 5.56 Å². The van der Waals surface area contributed by atoms with Crippen molar-refractivity contribution in [3.8, 4) is 6.07 Å². The number of nitriles is 1. The molecule has 0 unspecified atom stereocenters. The molecule has 3 rings (SSSR count). The average Bonchev–Trinajstić information content (AvgIpc) is 3.03. The first kappa shape index (κ1) is 14.3.